The SMILES string of the molecule is CCO[Si](C)(CCCOP(=O)(CCC[Si](C)(OCC)OCC)OC)OCC. The molecule has 0 aliphatic carbocycles. The maximum Gasteiger partial charge on any atom is 0.334 e. The lowest BCUT2D eigenvalue weighted by atomic mass is 10.5. The van der Waals surface area contributed by atoms with Crippen LogP contribution >= 0.6 is 7.60 Å². The second-order valence-electron chi connectivity index (χ2n) is 6.56. The predicted octanol–water partition coefficient (Wildman–Crippen LogP) is 4.91. The average Bonchev–Trinajstić information content (AvgIpc) is 2.60. The molecule has 0 aromatic rings. The fraction of sp³-hybridized carbons (Fsp3) is 1.00. The van der Waals surface area contributed by atoms with E-state index in [-0.39, 0.29) is 0 Å². The second kappa shape index (κ2) is 14.4. The Bertz CT molecular complexity index is 414. The Morgan fingerprint density at radius 2 is 1.15 bits per heavy atom. The van der Waals surface area contributed by atoms with Crippen LogP contribution in [0.5, 0.6) is 0 Å². The number of hydrogen-bond donors (Lipinski definition) is 0. The topological polar surface area (TPSA) is 72.5 Å². The molecule has 0 N–H and O–H groups in total. The van der Waals surface area contributed by atoms with Gasteiger partial charge in [0.2, 0.25) is 0 Å². The van der Waals surface area contributed by atoms with Crippen LogP contribution in [0.1, 0.15) is 40.5 Å². The summed E-state index contributed by atoms with van der Waals surface area (Å²) in [5.74, 6) is 0. The third kappa shape index (κ3) is 11.9. The van der Waals surface area contributed by atoms with Crippen molar-refractivity contribution in [3.05, 3.63) is 0 Å². The molecule has 1 unspecified atom stereocenters. The minimum Gasteiger partial charge on any atom is -0.395 e. The molecule has 0 spiro atoms. The highest BCUT2D eigenvalue weighted by molar-refractivity contribution is 7.53. The molecule has 0 radical (unpaired) electrons. The van der Waals surface area contributed by atoms with Gasteiger partial charge in [0.1, 0.15) is 0 Å². The van der Waals surface area contributed by atoms with Crippen molar-refractivity contribution in [1.29, 1.82) is 0 Å². The van der Waals surface area contributed by atoms with Crippen molar-refractivity contribution in [2.45, 2.75) is 65.7 Å². The molecule has 0 rings (SSSR count). The van der Waals surface area contributed by atoms with Gasteiger partial charge in [0.15, 0.2) is 0 Å². The highest BCUT2D eigenvalue weighted by Gasteiger charge is 2.33. The standard InChI is InChI=1S/C17H41O7PSi2/c1-8-21-26(6,22-9-2)16-12-14-20-25(18,19-5)15-13-17-27(7,23-10-3)24-11-4/h8-17H2,1-7H3. The van der Waals surface area contributed by atoms with E-state index < -0.39 is 24.7 Å². The Morgan fingerprint density at radius 1 is 0.741 bits per heavy atom. The van der Waals surface area contributed by atoms with E-state index in [1.807, 2.05) is 34.2 Å². The zero-order chi connectivity index (χ0) is 20.8. The van der Waals surface area contributed by atoms with Gasteiger partial charge in [-0.2, -0.15) is 0 Å². The van der Waals surface area contributed by atoms with E-state index in [2.05, 4.69) is 6.55 Å². The summed E-state index contributed by atoms with van der Waals surface area (Å²) in [6.45, 7) is 14.9. The second-order valence-corrected chi connectivity index (χ2v) is 15.5. The Labute approximate surface area is 168 Å². The first-order chi connectivity index (χ1) is 12.7. The van der Waals surface area contributed by atoms with Gasteiger partial charge >= 0.3 is 24.7 Å². The number of hydrogen-bond acceptors (Lipinski definition) is 7. The Balaban J connectivity index is 4.41. The molecule has 7 nitrogen and oxygen atoms in total. The summed E-state index contributed by atoms with van der Waals surface area (Å²) in [5.41, 5.74) is 0. The molecule has 0 saturated carbocycles. The lowest BCUT2D eigenvalue weighted by molar-refractivity contribution is 0.182. The van der Waals surface area contributed by atoms with Crippen molar-refractivity contribution in [3.63, 3.8) is 0 Å². The van der Waals surface area contributed by atoms with Crippen LogP contribution in [0.15, 0.2) is 0 Å². The van der Waals surface area contributed by atoms with Crippen LogP contribution in [-0.4, -0.2) is 63.4 Å². The minimum atomic E-state index is -3.09. The van der Waals surface area contributed by atoms with Gasteiger partial charge < -0.3 is 26.8 Å². The molecular formula is C17H41O7PSi2. The number of rotatable bonds is 18. The molecule has 164 valence electrons. The van der Waals surface area contributed by atoms with Crippen LogP contribution in [-0.2, 0) is 31.3 Å². The van der Waals surface area contributed by atoms with Crippen LogP contribution in [0.25, 0.3) is 0 Å². The molecule has 0 bridgehead atoms. The van der Waals surface area contributed by atoms with Crippen molar-refractivity contribution in [2.75, 3.05) is 46.3 Å². The van der Waals surface area contributed by atoms with Crippen molar-refractivity contribution in [2.24, 2.45) is 0 Å². The Morgan fingerprint density at radius 3 is 1.52 bits per heavy atom. The van der Waals surface area contributed by atoms with Crippen LogP contribution < -0.4 is 0 Å². The largest absolute Gasteiger partial charge is 0.395 e. The predicted molar refractivity (Wildman–Crippen MR) is 114 cm³/mol. The van der Waals surface area contributed by atoms with Gasteiger partial charge in [0.05, 0.1) is 12.8 Å². The summed E-state index contributed by atoms with van der Waals surface area (Å²) in [6, 6.07) is 1.57. The van der Waals surface area contributed by atoms with Gasteiger partial charge in [-0.15, -0.1) is 0 Å². The maximum atomic E-state index is 12.8. The van der Waals surface area contributed by atoms with E-state index in [0.717, 1.165) is 18.5 Å². The smallest absolute Gasteiger partial charge is 0.334 e. The van der Waals surface area contributed by atoms with Gasteiger partial charge in [-0.1, -0.05) is 0 Å². The van der Waals surface area contributed by atoms with E-state index in [0.29, 0.717) is 45.6 Å². The van der Waals surface area contributed by atoms with Crippen LogP contribution in [0.2, 0.25) is 25.2 Å². The summed E-state index contributed by atoms with van der Waals surface area (Å²) in [6.07, 6.45) is 1.80. The molecule has 10 heteroatoms. The first kappa shape index (κ1) is 27.4. The zero-order valence-corrected chi connectivity index (χ0v) is 21.3. The van der Waals surface area contributed by atoms with Gasteiger partial charge in [-0.3, -0.25) is 4.57 Å². The zero-order valence-electron chi connectivity index (χ0n) is 18.4. The van der Waals surface area contributed by atoms with E-state index in [1.54, 1.807) is 0 Å². The quantitative estimate of drug-likeness (QED) is 0.169. The van der Waals surface area contributed by atoms with Crippen molar-refractivity contribution >= 4 is 24.7 Å². The highest BCUT2D eigenvalue weighted by atomic mass is 31.2. The molecule has 0 aromatic heterocycles. The van der Waals surface area contributed by atoms with E-state index in [4.69, 9.17) is 26.8 Å². The van der Waals surface area contributed by atoms with Crippen LogP contribution in [0, 0.1) is 0 Å². The third-order valence-electron chi connectivity index (χ3n) is 4.20. The summed E-state index contributed by atoms with van der Waals surface area (Å²) in [5, 5.41) is 0. The summed E-state index contributed by atoms with van der Waals surface area (Å²) < 4.78 is 46.9. The van der Waals surface area contributed by atoms with E-state index in [1.165, 1.54) is 7.11 Å². The highest BCUT2D eigenvalue weighted by Crippen LogP contribution is 2.48. The lowest BCUT2D eigenvalue weighted by Gasteiger charge is -2.27. The average molecular weight is 445 g/mol. The first-order valence-electron chi connectivity index (χ1n) is 10.1. The molecule has 0 amide bonds. The van der Waals surface area contributed by atoms with Crippen molar-refractivity contribution in [1.82, 2.24) is 0 Å². The Hall–Kier alpha value is 0.424. The molecule has 0 fully saturated rings. The van der Waals surface area contributed by atoms with Gasteiger partial charge in [0.25, 0.3) is 0 Å². The molecule has 0 aliphatic rings. The Kier molecular flexibility index (Phi) is 14.6. The minimum absolute atomic E-state index is 0.373. The maximum absolute atomic E-state index is 12.8. The fourth-order valence-corrected chi connectivity index (χ4v) is 9.45. The van der Waals surface area contributed by atoms with Crippen molar-refractivity contribution in [3.8, 4) is 0 Å². The third-order valence-corrected chi connectivity index (χ3v) is 12.3. The summed E-state index contributed by atoms with van der Waals surface area (Å²) >= 11 is 0. The lowest BCUT2D eigenvalue weighted by Crippen LogP contribution is -2.39. The molecule has 0 aliphatic heterocycles. The van der Waals surface area contributed by atoms with Crippen LogP contribution in [0.4, 0.5) is 0 Å². The monoisotopic (exact) mass is 444 g/mol. The van der Waals surface area contributed by atoms with Gasteiger partial charge in [0, 0.05) is 33.5 Å². The summed E-state index contributed by atoms with van der Waals surface area (Å²) in [7, 11) is -6.01. The molecule has 27 heavy (non-hydrogen) atoms. The van der Waals surface area contributed by atoms with Gasteiger partial charge in [-0.05, 0) is 65.7 Å². The van der Waals surface area contributed by atoms with E-state index >= 15 is 0 Å². The van der Waals surface area contributed by atoms with Crippen molar-refractivity contribution < 1.29 is 31.3 Å². The summed E-state index contributed by atoms with van der Waals surface area (Å²) in [4.78, 5) is 0. The first-order valence-corrected chi connectivity index (χ1v) is 16.8. The molecule has 1 atom stereocenters. The normalized spacial score (nSPS) is 15.1. The van der Waals surface area contributed by atoms with Gasteiger partial charge in [-0.25, -0.2) is 0 Å². The molecular weight excluding hydrogens is 403 g/mol. The molecule has 0 aromatic carbocycles. The molecule has 0 saturated heterocycles. The fourth-order valence-electron chi connectivity index (χ4n) is 2.99. The van der Waals surface area contributed by atoms with Crippen LogP contribution in [0.3, 0.4) is 0 Å². The molecule has 0 heterocycles. The van der Waals surface area contributed by atoms with E-state index in [9.17, 15) is 4.57 Å².